The maximum atomic E-state index is 10.8. The predicted octanol–water partition coefficient (Wildman–Crippen LogP) is -0.579. The van der Waals surface area contributed by atoms with Gasteiger partial charge in [0.2, 0.25) is 5.91 Å². The first-order valence-corrected chi connectivity index (χ1v) is 4.71. The molecule has 3 N–H and O–H groups in total. The number of aromatic nitrogens is 2. The smallest absolute Gasteiger partial charge is 0.328 e. The zero-order chi connectivity index (χ0) is 12.1. The highest BCUT2D eigenvalue weighted by atomic mass is 16.4. The Morgan fingerprint density at radius 1 is 1.62 bits per heavy atom. The molecule has 1 unspecified atom stereocenters. The highest BCUT2D eigenvalue weighted by Gasteiger charge is 2.17. The van der Waals surface area contributed by atoms with Crippen molar-refractivity contribution in [3.63, 3.8) is 0 Å². The minimum atomic E-state index is -1.08. The Bertz CT molecular complexity index is 388. The summed E-state index contributed by atoms with van der Waals surface area (Å²) < 4.78 is 1.59. The van der Waals surface area contributed by atoms with E-state index in [0.717, 1.165) is 0 Å². The molecule has 7 nitrogen and oxygen atoms in total. The third kappa shape index (κ3) is 3.60. The van der Waals surface area contributed by atoms with Gasteiger partial charge in [0.25, 0.3) is 0 Å². The number of carbonyl (C=O) groups is 2. The fourth-order valence-corrected chi connectivity index (χ4v) is 1.18. The van der Waals surface area contributed by atoms with E-state index in [1.165, 1.54) is 6.92 Å². The average Bonchev–Trinajstić information content (AvgIpc) is 2.58. The molecule has 7 heteroatoms. The van der Waals surface area contributed by atoms with Gasteiger partial charge < -0.3 is 15.7 Å². The summed E-state index contributed by atoms with van der Waals surface area (Å²) in [4.78, 5) is 21.5. The standard InChI is InChI=1S/C9H14N4O3/c1-6(14)12-8(9(15)16)4-10-7-3-11-13(2)5-7/h3,5,8,10H,4H2,1-2H3,(H,12,14)(H,15,16). The maximum absolute atomic E-state index is 10.8. The molecular weight excluding hydrogens is 212 g/mol. The Balaban J connectivity index is 2.50. The molecule has 1 atom stereocenters. The van der Waals surface area contributed by atoms with Crippen LogP contribution in [0.15, 0.2) is 12.4 Å². The fourth-order valence-electron chi connectivity index (χ4n) is 1.18. The fraction of sp³-hybridized carbons (Fsp3) is 0.444. The number of hydrogen-bond acceptors (Lipinski definition) is 4. The van der Waals surface area contributed by atoms with Crippen LogP contribution in [0.3, 0.4) is 0 Å². The second-order valence-corrected chi connectivity index (χ2v) is 3.37. The van der Waals surface area contributed by atoms with E-state index in [1.807, 2.05) is 0 Å². The lowest BCUT2D eigenvalue weighted by molar-refractivity contribution is -0.141. The lowest BCUT2D eigenvalue weighted by atomic mass is 10.3. The van der Waals surface area contributed by atoms with E-state index in [2.05, 4.69) is 15.7 Å². The zero-order valence-electron chi connectivity index (χ0n) is 9.10. The van der Waals surface area contributed by atoms with Crippen molar-refractivity contribution in [2.24, 2.45) is 7.05 Å². The second-order valence-electron chi connectivity index (χ2n) is 3.37. The molecule has 0 aromatic carbocycles. The van der Waals surface area contributed by atoms with Crippen LogP contribution in [0.1, 0.15) is 6.92 Å². The molecule has 88 valence electrons. The van der Waals surface area contributed by atoms with Crippen molar-refractivity contribution >= 4 is 17.6 Å². The van der Waals surface area contributed by atoms with E-state index in [1.54, 1.807) is 24.1 Å². The zero-order valence-corrected chi connectivity index (χ0v) is 9.10. The molecular formula is C9H14N4O3. The summed E-state index contributed by atoms with van der Waals surface area (Å²) in [5.41, 5.74) is 0.708. The molecule has 0 aliphatic heterocycles. The summed E-state index contributed by atoms with van der Waals surface area (Å²) >= 11 is 0. The lowest BCUT2D eigenvalue weighted by Gasteiger charge is -2.13. The molecule has 0 aliphatic rings. The number of nitrogens with zero attached hydrogens (tertiary/aromatic N) is 2. The van der Waals surface area contributed by atoms with Gasteiger partial charge in [0.1, 0.15) is 6.04 Å². The first kappa shape index (κ1) is 12.0. The third-order valence-corrected chi connectivity index (χ3v) is 1.89. The predicted molar refractivity (Wildman–Crippen MR) is 56.9 cm³/mol. The van der Waals surface area contributed by atoms with Crippen molar-refractivity contribution in [3.05, 3.63) is 12.4 Å². The van der Waals surface area contributed by atoms with E-state index < -0.39 is 12.0 Å². The maximum Gasteiger partial charge on any atom is 0.328 e. The molecule has 0 saturated heterocycles. The number of rotatable bonds is 5. The van der Waals surface area contributed by atoms with Crippen LogP contribution >= 0.6 is 0 Å². The SMILES string of the molecule is CC(=O)NC(CNc1cnn(C)c1)C(=O)O. The van der Waals surface area contributed by atoms with Crippen LogP contribution < -0.4 is 10.6 Å². The monoisotopic (exact) mass is 226 g/mol. The summed E-state index contributed by atoms with van der Waals surface area (Å²) in [6.45, 7) is 1.39. The molecule has 1 aromatic heterocycles. The molecule has 0 radical (unpaired) electrons. The number of hydrogen-bond donors (Lipinski definition) is 3. The molecule has 16 heavy (non-hydrogen) atoms. The summed E-state index contributed by atoms with van der Waals surface area (Å²) in [5.74, 6) is -1.45. The normalized spacial score (nSPS) is 11.9. The van der Waals surface area contributed by atoms with E-state index >= 15 is 0 Å². The van der Waals surface area contributed by atoms with Gasteiger partial charge in [0, 0.05) is 26.7 Å². The number of nitrogens with one attached hydrogen (secondary N) is 2. The van der Waals surface area contributed by atoms with Crippen molar-refractivity contribution < 1.29 is 14.7 Å². The van der Waals surface area contributed by atoms with Crippen molar-refractivity contribution in [3.8, 4) is 0 Å². The minimum Gasteiger partial charge on any atom is -0.480 e. The van der Waals surface area contributed by atoms with Gasteiger partial charge in [0.15, 0.2) is 0 Å². The van der Waals surface area contributed by atoms with Crippen LogP contribution in [-0.2, 0) is 16.6 Å². The van der Waals surface area contributed by atoms with Crippen LogP contribution in [0.2, 0.25) is 0 Å². The van der Waals surface area contributed by atoms with Crippen molar-refractivity contribution in [2.75, 3.05) is 11.9 Å². The average molecular weight is 226 g/mol. The summed E-state index contributed by atoms with van der Waals surface area (Å²) in [5, 5.41) is 18.0. The number of carbonyl (C=O) groups excluding carboxylic acids is 1. The molecule has 0 saturated carbocycles. The molecule has 1 heterocycles. The largest absolute Gasteiger partial charge is 0.480 e. The Labute approximate surface area is 92.4 Å². The summed E-state index contributed by atoms with van der Waals surface area (Å²) in [6.07, 6.45) is 3.29. The highest BCUT2D eigenvalue weighted by molar-refractivity contribution is 5.82. The van der Waals surface area contributed by atoms with Crippen LogP contribution in [0.5, 0.6) is 0 Å². The summed E-state index contributed by atoms with van der Waals surface area (Å²) in [7, 11) is 1.76. The second kappa shape index (κ2) is 5.15. The van der Waals surface area contributed by atoms with E-state index in [0.29, 0.717) is 5.69 Å². The van der Waals surface area contributed by atoms with Gasteiger partial charge >= 0.3 is 5.97 Å². The van der Waals surface area contributed by atoms with E-state index in [9.17, 15) is 9.59 Å². The van der Waals surface area contributed by atoms with Gasteiger partial charge in [-0.15, -0.1) is 0 Å². The quantitative estimate of drug-likeness (QED) is 0.624. The number of carboxylic acids is 1. The molecule has 0 bridgehead atoms. The van der Waals surface area contributed by atoms with Crippen LogP contribution in [-0.4, -0.2) is 39.4 Å². The van der Waals surface area contributed by atoms with Gasteiger partial charge in [0.05, 0.1) is 11.9 Å². The van der Waals surface area contributed by atoms with Gasteiger partial charge in [-0.2, -0.15) is 5.10 Å². The number of aryl methyl sites for hydroxylation is 1. The molecule has 0 fully saturated rings. The van der Waals surface area contributed by atoms with E-state index in [4.69, 9.17) is 5.11 Å². The highest BCUT2D eigenvalue weighted by Crippen LogP contribution is 2.03. The van der Waals surface area contributed by atoms with Gasteiger partial charge in [-0.3, -0.25) is 9.48 Å². The Morgan fingerprint density at radius 2 is 2.31 bits per heavy atom. The minimum absolute atomic E-state index is 0.112. The topological polar surface area (TPSA) is 96.3 Å². The van der Waals surface area contributed by atoms with Gasteiger partial charge in [-0.25, -0.2) is 4.79 Å². The van der Waals surface area contributed by atoms with Crippen LogP contribution in [0.4, 0.5) is 5.69 Å². The lowest BCUT2D eigenvalue weighted by Crippen LogP contribution is -2.44. The number of amides is 1. The van der Waals surface area contributed by atoms with E-state index in [-0.39, 0.29) is 12.5 Å². The van der Waals surface area contributed by atoms with Crippen molar-refractivity contribution in [1.29, 1.82) is 0 Å². The number of aliphatic carboxylic acids is 1. The van der Waals surface area contributed by atoms with Gasteiger partial charge in [-0.05, 0) is 0 Å². The summed E-state index contributed by atoms with van der Waals surface area (Å²) in [6, 6.07) is -0.947. The van der Waals surface area contributed by atoms with Crippen LogP contribution in [0.25, 0.3) is 0 Å². The number of anilines is 1. The first-order chi connectivity index (χ1) is 7.49. The molecule has 1 rings (SSSR count). The molecule has 1 amide bonds. The molecule has 1 aromatic rings. The van der Waals surface area contributed by atoms with Crippen molar-refractivity contribution in [1.82, 2.24) is 15.1 Å². The Morgan fingerprint density at radius 3 is 2.75 bits per heavy atom. The van der Waals surface area contributed by atoms with Crippen molar-refractivity contribution in [2.45, 2.75) is 13.0 Å². The van der Waals surface area contributed by atoms with Crippen LogP contribution in [0, 0.1) is 0 Å². The van der Waals surface area contributed by atoms with Gasteiger partial charge in [-0.1, -0.05) is 0 Å². The first-order valence-electron chi connectivity index (χ1n) is 4.71. The Kier molecular flexibility index (Phi) is 3.87. The Hall–Kier alpha value is -2.05. The molecule has 0 aliphatic carbocycles. The third-order valence-electron chi connectivity index (χ3n) is 1.89. The number of carboxylic acid groups (broad SMARTS) is 1. The molecule has 0 spiro atoms.